The molecule has 0 spiro atoms. The topological polar surface area (TPSA) is 34.2 Å². The molecule has 0 saturated carbocycles. The van der Waals surface area contributed by atoms with Gasteiger partial charge in [0, 0.05) is 12.7 Å². The second-order valence-corrected chi connectivity index (χ2v) is 3.98. The van der Waals surface area contributed by atoms with Crippen molar-refractivity contribution >= 4 is 0 Å². The molecular formula is C14H16N2O. The van der Waals surface area contributed by atoms with E-state index in [2.05, 4.69) is 10.3 Å². The van der Waals surface area contributed by atoms with Gasteiger partial charge in [0.15, 0.2) is 0 Å². The van der Waals surface area contributed by atoms with E-state index in [-0.39, 0.29) is 0 Å². The van der Waals surface area contributed by atoms with Crippen molar-refractivity contribution in [3.05, 3.63) is 53.9 Å². The fourth-order valence-electron chi connectivity index (χ4n) is 1.64. The Labute approximate surface area is 101 Å². The molecule has 0 amide bonds. The number of aryl methyl sites for hydroxylation is 1. The molecule has 1 heterocycles. The zero-order valence-corrected chi connectivity index (χ0v) is 10.1. The molecule has 2 aromatic rings. The lowest BCUT2D eigenvalue weighted by Crippen LogP contribution is -2.05. The highest BCUT2D eigenvalue weighted by molar-refractivity contribution is 5.33. The molecule has 0 unspecified atom stereocenters. The Kier molecular flexibility index (Phi) is 3.73. The first-order chi connectivity index (χ1) is 8.28. The molecule has 1 aromatic heterocycles. The quantitative estimate of drug-likeness (QED) is 0.873. The molecule has 0 aliphatic rings. The summed E-state index contributed by atoms with van der Waals surface area (Å²) in [5, 5.41) is 3.09. The SMILES string of the molecule is CNCc1cncc(Oc2cccc(C)c2)c1. The highest BCUT2D eigenvalue weighted by Crippen LogP contribution is 2.21. The maximum absolute atomic E-state index is 5.76. The molecule has 0 aliphatic carbocycles. The van der Waals surface area contributed by atoms with Crippen LogP contribution in [0.1, 0.15) is 11.1 Å². The van der Waals surface area contributed by atoms with Crippen molar-refractivity contribution in [3.63, 3.8) is 0 Å². The molecule has 0 atom stereocenters. The van der Waals surface area contributed by atoms with Gasteiger partial charge in [0.1, 0.15) is 11.5 Å². The lowest BCUT2D eigenvalue weighted by atomic mass is 10.2. The molecule has 0 bridgehead atoms. The van der Waals surface area contributed by atoms with Crippen molar-refractivity contribution in [2.24, 2.45) is 0 Å². The number of hydrogen-bond donors (Lipinski definition) is 1. The third-order valence-corrected chi connectivity index (χ3v) is 2.38. The van der Waals surface area contributed by atoms with E-state index in [0.717, 1.165) is 23.6 Å². The Hall–Kier alpha value is -1.87. The summed E-state index contributed by atoms with van der Waals surface area (Å²) in [6, 6.07) is 9.96. The van der Waals surface area contributed by atoms with Gasteiger partial charge >= 0.3 is 0 Å². The Balaban J connectivity index is 2.15. The van der Waals surface area contributed by atoms with Gasteiger partial charge in [-0.3, -0.25) is 4.98 Å². The molecule has 1 aromatic carbocycles. The highest BCUT2D eigenvalue weighted by atomic mass is 16.5. The Morgan fingerprint density at radius 1 is 1.18 bits per heavy atom. The summed E-state index contributed by atoms with van der Waals surface area (Å²) in [5.41, 5.74) is 2.29. The third-order valence-electron chi connectivity index (χ3n) is 2.38. The predicted octanol–water partition coefficient (Wildman–Crippen LogP) is 2.90. The zero-order valence-electron chi connectivity index (χ0n) is 10.1. The van der Waals surface area contributed by atoms with Gasteiger partial charge in [0.25, 0.3) is 0 Å². The van der Waals surface area contributed by atoms with Crippen LogP contribution in [0.4, 0.5) is 0 Å². The van der Waals surface area contributed by atoms with Crippen LogP contribution in [-0.2, 0) is 6.54 Å². The first-order valence-electron chi connectivity index (χ1n) is 5.61. The van der Waals surface area contributed by atoms with Crippen LogP contribution in [0, 0.1) is 6.92 Å². The van der Waals surface area contributed by atoms with Crippen molar-refractivity contribution in [1.82, 2.24) is 10.3 Å². The van der Waals surface area contributed by atoms with Crippen LogP contribution in [0.25, 0.3) is 0 Å². The lowest BCUT2D eigenvalue weighted by molar-refractivity contribution is 0.479. The fraction of sp³-hybridized carbons (Fsp3) is 0.214. The van der Waals surface area contributed by atoms with Crippen LogP contribution in [0.3, 0.4) is 0 Å². The summed E-state index contributed by atoms with van der Waals surface area (Å²) < 4.78 is 5.76. The van der Waals surface area contributed by atoms with E-state index < -0.39 is 0 Å². The molecule has 0 radical (unpaired) electrons. The van der Waals surface area contributed by atoms with Gasteiger partial charge in [-0.1, -0.05) is 12.1 Å². The van der Waals surface area contributed by atoms with E-state index in [1.165, 1.54) is 5.56 Å². The molecule has 17 heavy (non-hydrogen) atoms. The second kappa shape index (κ2) is 5.46. The normalized spacial score (nSPS) is 10.2. The van der Waals surface area contributed by atoms with Crippen LogP contribution >= 0.6 is 0 Å². The number of hydrogen-bond acceptors (Lipinski definition) is 3. The largest absolute Gasteiger partial charge is 0.456 e. The monoisotopic (exact) mass is 228 g/mol. The smallest absolute Gasteiger partial charge is 0.146 e. The standard InChI is InChI=1S/C14H16N2O/c1-11-4-3-5-13(6-11)17-14-7-12(8-15-2)9-16-10-14/h3-7,9-10,15H,8H2,1-2H3. The maximum atomic E-state index is 5.76. The minimum absolute atomic E-state index is 0.767. The van der Waals surface area contributed by atoms with E-state index in [0.29, 0.717) is 0 Å². The number of nitrogens with zero attached hydrogens (tertiary/aromatic N) is 1. The van der Waals surface area contributed by atoms with Crippen LogP contribution in [0.5, 0.6) is 11.5 Å². The third kappa shape index (κ3) is 3.29. The summed E-state index contributed by atoms with van der Waals surface area (Å²) in [4.78, 5) is 4.16. The minimum atomic E-state index is 0.767. The molecule has 3 nitrogen and oxygen atoms in total. The molecule has 2 rings (SSSR count). The van der Waals surface area contributed by atoms with Crippen molar-refractivity contribution in [3.8, 4) is 11.5 Å². The van der Waals surface area contributed by atoms with Gasteiger partial charge in [-0.25, -0.2) is 0 Å². The summed E-state index contributed by atoms with van der Waals surface area (Å²) >= 11 is 0. The van der Waals surface area contributed by atoms with Crippen molar-refractivity contribution in [2.75, 3.05) is 7.05 Å². The molecule has 3 heteroatoms. The number of nitrogens with one attached hydrogen (secondary N) is 1. The molecule has 0 fully saturated rings. The molecule has 88 valence electrons. The Morgan fingerprint density at radius 2 is 2.06 bits per heavy atom. The Morgan fingerprint density at radius 3 is 2.82 bits per heavy atom. The van der Waals surface area contributed by atoms with Gasteiger partial charge in [0.2, 0.25) is 0 Å². The van der Waals surface area contributed by atoms with Gasteiger partial charge < -0.3 is 10.1 Å². The summed E-state index contributed by atoms with van der Waals surface area (Å²) in [6.45, 7) is 2.83. The number of rotatable bonds is 4. The van der Waals surface area contributed by atoms with Crippen LogP contribution in [0.15, 0.2) is 42.7 Å². The van der Waals surface area contributed by atoms with E-state index in [4.69, 9.17) is 4.74 Å². The van der Waals surface area contributed by atoms with Gasteiger partial charge in [-0.2, -0.15) is 0 Å². The van der Waals surface area contributed by atoms with E-state index in [1.807, 2.05) is 50.5 Å². The predicted molar refractivity (Wildman–Crippen MR) is 68.3 cm³/mol. The first kappa shape index (κ1) is 11.6. The molecular weight excluding hydrogens is 212 g/mol. The molecule has 0 saturated heterocycles. The van der Waals surface area contributed by atoms with Gasteiger partial charge in [-0.15, -0.1) is 0 Å². The van der Waals surface area contributed by atoms with Crippen LogP contribution in [0.2, 0.25) is 0 Å². The average Bonchev–Trinajstić information content (AvgIpc) is 2.30. The first-order valence-corrected chi connectivity index (χ1v) is 5.61. The number of benzene rings is 1. The van der Waals surface area contributed by atoms with E-state index in [9.17, 15) is 0 Å². The lowest BCUT2D eigenvalue weighted by Gasteiger charge is -2.07. The number of aromatic nitrogens is 1. The van der Waals surface area contributed by atoms with Crippen molar-refractivity contribution < 1.29 is 4.74 Å². The van der Waals surface area contributed by atoms with Crippen molar-refractivity contribution in [1.29, 1.82) is 0 Å². The summed E-state index contributed by atoms with van der Waals surface area (Å²) in [6.07, 6.45) is 3.56. The average molecular weight is 228 g/mol. The minimum Gasteiger partial charge on any atom is -0.456 e. The Bertz CT molecular complexity index is 497. The summed E-state index contributed by atoms with van der Waals surface area (Å²) in [5.74, 6) is 1.61. The van der Waals surface area contributed by atoms with Gasteiger partial charge in [0.05, 0.1) is 6.20 Å². The van der Waals surface area contributed by atoms with Crippen LogP contribution < -0.4 is 10.1 Å². The van der Waals surface area contributed by atoms with Crippen molar-refractivity contribution in [2.45, 2.75) is 13.5 Å². The second-order valence-electron chi connectivity index (χ2n) is 3.98. The fourth-order valence-corrected chi connectivity index (χ4v) is 1.64. The number of pyridine rings is 1. The maximum Gasteiger partial charge on any atom is 0.146 e. The summed E-state index contributed by atoms with van der Waals surface area (Å²) in [7, 11) is 1.91. The van der Waals surface area contributed by atoms with E-state index in [1.54, 1.807) is 6.20 Å². The zero-order chi connectivity index (χ0) is 12.1. The highest BCUT2D eigenvalue weighted by Gasteiger charge is 1.99. The molecule has 1 N–H and O–H groups in total. The molecule has 0 aliphatic heterocycles. The van der Waals surface area contributed by atoms with Crippen LogP contribution in [-0.4, -0.2) is 12.0 Å². The van der Waals surface area contributed by atoms with Gasteiger partial charge in [-0.05, 0) is 43.3 Å². The van der Waals surface area contributed by atoms with E-state index >= 15 is 0 Å². The number of ether oxygens (including phenoxy) is 1.